The van der Waals surface area contributed by atoms with Crippen LogP contribution in [-0.4, -0.2) is 17.9 Å². The highest BCUT2D eigenvalue weighted by Crippen LogP contribution is 2.39. The third-order valence-corrected chi connectivity index (χ3v) is 5.92. The third kappa shape index (κ3) is 3.03. The van der Waals surface area contributed by atoms with E-state index in [9.17, 15) is 9.59 Å². The molecule has 1 amide bonds. The maximum Gasteiger partial charge on any atom is 0.291 e. The summed E-state index contributed by atoms with van der Waals surface area (Å²) in [4.78, 5) is 28.6. The van der Waals surface area contributed by atoms with Crippen molar-refractivity contribution in [3.63, 3.8) is 0 Å². The molecule has 5 rings (SSSR count). The molecule has 0 unspecified atom stereocenters. The maximum absolute atomic E-state index is 13.6. The van der Waals surface area contributed by atoms with Crippen LogP contribution in [0.1, 0.15) is 44.6 Å². The maximum atomic E-state index is 13.6. The van der Waals surface area contributed by atoms with Crippen molar-refractivity contribution in [2.24, 2.45) is 0 Å². The fourth-order valence-corrected chi connectivity index (χ4v) is 4.14. The van der Waals surface area contributed by atoms with Gasteiger partial charge in [0.1, 0.15) is 17.1 Å². The van der Waals surface area contributed by atoms with Gasteiger partial charge in [0.25, 0.3) is 5.91 Å². The lowest BCUT2D eigenvalue weighted by Crippen LogP contribution is -2.29. The lowest BCUT2D eigenvalue weighted by molar-refractivity contribution is 0.0701. The summed E-state index contributed by atoms with van der Waals surface area (Å²) < 4.78 is 16.8. The summed E-state index contributed by atoms with van der Waals surface area (Å²) in [5.41, 5.74) is 3.40. The minimum atomic E-state index is -0.583. The molecule has 4 aromatic rings. The molecule has 1 aliphatic rings. The van der Waals surface area contributed by atoms with E-state index in [-0.39, 0.29) is 23.6 Å². The number of carbonyl (C=O) groups is 1. The highest BCUT2D eigenvalue weighted by Gasteiger charge is 2.43. The van der Waals surface area contributed by atoms with Gasteiger partial charge in [0.15, 0.2) is 5.43 Å². The number of benzene rings is 2. The summed E-state index contributed by atoms with van der Waals surface area (Å²) in [5.74, 6) is 1.09. The molecule has 1 aliphatic heterocycles. The number of hydrogen-bond acceptors (Lipinski definition) is 5. The number of amides is 1. The fraction of sp³-hybridized carbons (Fsp3) is 0.200. The molecular formula is C25H21NO5. The van der Waals surface area contributed by atoms with E-state index in [0.717, 1.165) is 16.7 Å². The van der Waals surface area contributed by atoms with Crippen molar-refractivity contribution in [1.82, 2.24) is 4.90 Å². The Labute approximate surface area is 178 Å². The molecule has 0 spiro atoms. The number of furan rings is 1. The van der Waals surface area contributed by atoms with E-state index in [1.807, 2.05) is 50.2 Å². The van der Waals surface area contributed by atoms with Crippen molar-refractivity contribution in [2.75, 3.05) is 7.11 Å². The minimum Gasteiger partial charge on any atom is -0.497 e. The second kappa shape index (κ2) is 7.16. The zero-order valence-corrected chi connectivity index (χ0v) is 17.5. The Kier molecular flexibility index (Phi) is 4.43. The van der Waals surface area contributed by atoms with Gasteiger partial charge in [-0.3, -0.25) is 9.59 Å². The molecule has 0 fully saturated rings. The summed E-state index contributed by atoms with van der Waals surface area (Å²) in [5, 5.41) is 0.480. The van der Waals surface area contributed by atoms with E-state index < -0.39 is 6.04 Å². The molecule has 2 aromatic heterocycles. The van der Waals surface area contributed by atoms with Gasteiger partial charge in [0, 0.05) is 0 Å². The molecule has 2 aromatic carbocycles. The molecule has 0 saturated carbocycles. The number of ether oxygens (including phenoxy) is 1. The van der Waals surface area contributed by atoms with E-state index in [1.165, 1.54) is 0 Å². The third-order valence-electron chi connectivity index (χ3n) is 5.92. The molecule has 0 bridgehead atoms. The van der Waals surface area contributed by atoms with Gasteiger partial charge >= 0.3 is 0 Å². The van der Waals surface area contributed by atoms with Gasteiger partial charge in [-0.1, -0.05) is 12.1 Å². The highest BCUT2D eigenvalue weighted by molar-refractivity contribution is 5.99. The smallest absolute Gasteiger partial charge is 0.291 e. The van der Waals surface area contributed by atoms with Crippen molar-refractivity contribution in [3.05, 3.63) is 98.8 Å². The normalized spacial score (nSPS) is 15.5. The number of hydrogen-bond donors (Lipinski definition) is 0. The molecule has 0 saturated heterocycles. The molecule has 0 aliphatic carbocycles. The summed E-state index contributed by atoms with van der Waals surface area (Å²) in [6, 6.07) is 14.0. The minimum absolute atomic E-state index is 0.0909. The Bertz CT molecular complexity index is 1350. The van der Waals surface area contributed by atoms with Gasteiger partial charge in [-0.15, -0.1) is 0 Å². The fourth-order valence-electron chi connectivity index (χ4n) is 4.14. The Morgan fingerprint density at radius 1 is 1.03 bits per heavy atom. The van der Waals surface area contributed by atoms with E-state index >= 15 is 0 Å². The predicted octanol–water partition coefficient (Wildman–Crippen LogP) is 4.76. The van der Waals surface area contributed by atoms with Crippen LogP contribution in [0.15, 0.2) is 68.4 Å². The number of fused-ring (bicyclic) bond motifs is 2. The van der Waals surface area contributed by atoms with Gasteiger partial charge in [0.2, 0.25) is 5.76 Å². The number of carbonyl (C=O) groups excluding carboxylic acids is 1. The van der Waals surface area contributed by atoms with E-state index in [2.05, 4.69) is 0 Å². The van der Waals surface area contributed by atoms with E-state index in [0.29, 0.717) is 28.0 Å². The van der Waals surface area contributed by atoms with Crippen LogP contribution in [0.5, 0.6) is 5.75 Å². The van der Waals surface area contributed by atoms with Crippen LogP contribution in [0.25, 0.3) is 11.0 Å². The molecule has 3 heterocycles. The van der Waals surface area contributed by atoms with Crippen LogP contribution in [-0.2, 0) is 6.54 Å². The average molecular weight is 415 g/mol. The molecule has 0 radical (unpaired) electrons. The zero-order chi connectivity index (χ0) is 21.7. The number of methoxy groups -OCH3 is 1. The van der Waals surface area contributed by atoms with Crippen LogP contribution in [0.3, 0.4) is 0 Å². The summed E-state index contributed by atoms with van der Waals surface area (Å²) in [7, 11) is 1.59. The lowest BCUT2D eigenvalue weighted by atomic mass is 9.97. The summed E-state index contributed by atoms with van der Waals surface area (Å²) in [6.07, 6.45) is 1.56. The molecule has 0 N–H and O–H groups in total. The van der Waals surface area contributed by atoms with Gasteiger partial charge < -0.3 is 18.5 Å². The highest BCUT2D eigenvalue weighted by atomic mass is 16.5. The Balaban J connectivity index is 1.74. The topological polar surface area (TPSA) is 72.9 Å². The Morgan fingerprint density at radius 3 is 2.45 bits per heavy atom. The molecule has 31 heavy (non-hydrogen) atoms. The van der Waals surface area contributed by atoms with Crippen LogP contribution in [0, 0.1) is 13.8 Å². The van der Waals surface area contributed by atoms with Gasteiger partial charge in [-0.05, 0) is 66.9 Å². The largest absolute Gasteiger partial charge is 0.497 e. The Morgan fingerprint density at radius 2 is 1.77 bits per heavy atom. The zero-order valence-electron chi connectivity index (χ0n) is 17.5. The van der Waals surface area contributed by atoms with Gasteiger partial charge in [0.05, 0.1) is 36.9 Å². The number of nitrogens with zero attached hydrogens (tertiary/aromatic N) is 1. The number of aryl methyl sites for hydroxylation is 2. The predicted molar refractivity (Wildman–Crippen MR) is 115 cm³/mol. The van der Waals surface area contributed by atoms with Crippen molar-refractivity contribution >= 4 is 16.9 Å². The Hall–Kier alpha value is -3.80. The monoisotopic (exact) mass is 415 g/mol. The molecule has 156 valence electrons. The first kappa shape index (κ1) is 19.2. The SMILES string of the molecule is COc1ccc([C@@H]2c3c(oc4cc(C)c(C)cc4c3=O)C(=O)N2Cc2ccco2)cc1. The van der Waals surface area contributed by atoms with Crippen LogP contribution in [0.4, 0.5) is 0 Å². The van der Waals surface area contributed by atoms with E-state index in [1.54, 1.807) is 30.4 Å². The second-order valence-corrected chi connectivity index (χ2v) is 7.79. The molecule has 6 heteroatoms. The van der Waals surface area contributed by atoms with Crippen LogP contribution >= 0.6 is 0 Å². The molecule has 1 atom stereocenters. The first-order chi connectivity index (χ1) is 15.0. The quantitative estimate of drug-likeness (QED) is 0.481. The average Bonchev–Trinajstić information content (AvgIpc) is 3.38. The van der Waals surface area contributed by atoms with Gasteiger partial charge in [-0.2, -0.15) is 0 Å². The van der Waals surface area contributed by atoms with Crippen molar-refractivity contribution in [1.29, 1.82) is 0 Å². The standard InChI is InChI=1S/C25H21NO5/c1-14-11-19-20(12-15(14)2)31-24-21(23(19)27)22(16-6-8-17(29-3)9-7-16)26(25(24)28)13-18-5-4-10-30-18/h4-12,22H,13H2,1-3H3/t22-/m1/s1. The first-order valence-electron chi connectivity index (χ1n) is 10.0. The van der Waals surface area contributed by atoms with Crippen LogP contribution in [0.2, 0.25) is 0 Å². The molecular weight excluding hydrogens is 394 g/mol. The van der Waals surface area contributed by atoms with Gasteiger partial charge in [-0.25, -0.2) is 0 Å². The summed E-state index contributed by atoms with van der Waals surface area (Å²) >= 11 is 0. The van der Waals surface area contributed by atoms with Crippen molar-refractivity contribution in [3.8, 4) is 5.75 Å². The van der Waals surface area contributed by atoms with Crippen molar-refractivity contribution < 1.29 is 18.4 Å². The van der Waals surface area contributed by atoms with E-state index in [4.69, 9.17) is 13.6 Å². The molecule has 6 nitrogen and oxygen atoms in total. The first-order valence-corrected chi connectivity index (χ1v) is 10.0. The summed E-state index contributed by atoms with van der Waals surface area (Å²) in [6.45, 7) is 4.13. The van der Waals surface area contributed by atoms with Crippen molar-refractivity contribution in [2.45, 2.75) is 26.4 Å². The van der Waals surface area contributed by atoms with Crippen LogP contribution < -0.4 is 10.2 Å². The lowest BCUT2D eigenvalue weighted by Gasteiger charge is -2.24. The number of rotatable bonds is 4. The second-order valence-electron chi connectivity index (χ2n) is 7.79.